The van der Waals surface area contributed by atoms with Crippen molar-refractivity contribution in [2.45, 2.75) is 17.9 Å². The first-order chi connectivity index (χ1) is 14.2. The van der Waals surface area contributed by atoms with Crippen molar-refractivity contribution in [3.63, 3.8) is 0 Å². The van der Waals surface area contributed by atoms with Crippen LogP contribution in [0.3, 0.4) is 0 Å². The molecule has 158 valence electrons. The number of hydrogen-bond acceptors (Lipinski definition) is 5. The van der Waals surface area contributed by atoms with Gasteiger partial charge in [0, 0.05) is 10.7 Å². The van der Waals surface area contributed by atoms with Crippen molar-refractivity contribution in [2.24, 2.45) is 0 Å². The molecule has 1 heterocycles. The van der Waals surface area contributed by atoms with E-state index < -0.39 is 39.4 Å². The van der Waals surface area contributed by atoms with Crippen LogP contribution in [0.4, 0.5) is 9.18 Å². The van der Waals surface area contributed by atoms with Gasteiger partial charge in [0.1, 0.15) is 5.82 Å². The van der Waals surface area contributed by atoms with Crippen LogP contribution in [0.2, 0.25) is 5.02 Å². The molecule has 30 heavy (non-hydrogen) atoms. The fourth-order valence-corrected chi connectivity index (χ4v) is 4.56. The molecule has 7 nitrogen and oxygen atoms in total. The van der Waals surface area contributed by atoms with Crippen LogP contribution in [0.25, 0.3) is 0 Å². The SMILES string of the molecule is CCOC(=O)C1=C(CS(=O)(=O)c2ccc(F)cc2)NC(=O)NC1c1cccc(Cl)c1. The monoisotopic (exact) mass is 452 g/mol. The third-order valence-corrected chi connectivity index (χ3v) is 6.23. The number of ether oxygens (including phenoxy) is 1. The first kappa shape index (κ1) is 21.8. The highest BCUT2D eigenvalue weighted by molar-refractivity contribution is 7.91. The van der Waals surface area contributed by atoms with Crippen molar-refractivity contribution in [1.29, 1.82) is 0 Å². The van der Waals surface area contributed by atoms with Gasteiger partial charge in [0.25, 0.3) is 0 Å². The minimum absolute atomic E-state index is 0.0515. The summed E-state index contributed by atoms with van der Waals surface area (Å²) < 4.78 is 43.9. The molecule has 0 spiro atoms. The second-order valence-corrected chi connectivity index (χ2v) is 8.84. The number of halogens is 2. The molecule has 2 amide bonds. The average Bonchev–Trinajstić information content (AvgIpc) is 2.67. The van der Waals surface area contributed by atoms with Gasteiger partial charge in [-0.3, -0.25) is 0 Å². The summed E-state index contributed by atoms with van der Waals surface area (Å²) in [6.07, 6.45) is 0. The third kappa shape index (κ3) is 4.80. The van der Waals surface area contributed by atoms with E-state index in [9.17, 15) is 22.4 Å². The van der Waals surface area contributed by atoms with E-state index in [0.29, 0.717) is 10.6 Å². The van der Waals surface area contributed by atoms with Crippen molar-refractivity contribution >= 4 is 33.4 Å². The molecule has 1 atom stereocenters. The minimum Gasteiger partial charge on any atom is -0.463 e. The molecular formula is C20H18ClFN2O5S. The molecule has 0 saturated carbocycles. The lowest BCUT2D eigenvalue weighted by Crippen LogP contribution is -2.47. The minimum atomic E-state index is -4.00. The van der Waals surface area contributed by atoms with Crippen LogP contribution in [0.1, 0.15) is 18.5 Å². The molecule has 0 radical (unpaired) electrons. The summed E-state index contributed by atoms with van der Waals surface area (Å²) in [4.78, 5) is 24.8. The Bertz CT molecular complexity index is 1120. The Morgan fingerprint density at radius 1 is 1.20 bits per heavy atom. The van der Waals surface area contributed by atoms with Crippen LogP contribution < -0.4 is 10.6 Å². The van der Waals surface area contributed by atoms with Gasteiger partial charge >= 0.3 is 12.0 Å². The van der Waals surface area contributed by atoms with Crippen molar-refractivity contribution in [3.05, 3.63) is 76.2 Å². The van der Waals surface area contributed by atoms with E-state index in [1.54, 1.807) is 31.2 Å². The Morgan fingerprint density at radius 3 is 2.53 bits per heavy atom. The zero-order chi connectivity index (χ0) is 21.9. The van der Waals surface area contributed by atoms with Gasteiger partial charge in [0.15, 0.2) is 9.84 Å². The molecular weight excluding hydrogens is 435 g/mol. The number of nitrogens with one attached hydrogen (secondary N) is 2. The average molecular weight is 453 g/mol. The molecule has 0 saturated heterocycles. The second-order valence-electron chi connectivity index (χ2n) is 6.41. The summed E-state index contributed by atoms with van der Waals surface area (Å²) in [5.41, 5.74) is 0.313. The maximum atomic E-state index is 13.2. The Morgan fingerprint density at radius 2 is 1.90 bits per heavy atom. The zero-order valence-corrected chi connectivity index (χ0v) is 17.4. The number of sulfone groups is 1. The third-order valence-electron chi connectivity index (χ3n) is 4.34. The van der Waals surface area contributed by atoms with Gasteiger partial charge in [-0.15, -0.1) is 0 Å². The van der Waals surface area contributed by atoms with Crippen molar-refractivity contribution in [3.8, 4) is 0 Å². The fraction of sp³-hybridized carbons (Fsp3) is 0.200. The summed E-state index contributed by atoms with van der Waals surface area (Å²) in [5.74, 6) is -2.05. The number of carbonyl (C=O) groups excluding carboxylic acids is 2. The highest BCUT2D eigenvalue weighted by Crippen LogP contribution is 2.30. The smallest absolute Gasteiger partial charge is 0.338 e. The van der Waals surface area contributed by atoms with Crippen LogP contribution in [-0.2, 0) is 19.4 Å². The van der Waals surface area contributed by atoms with Crippen LogP contribution in [0, 0.1) is 5.82 Å². The number of esters is 1. The molecule has 1 aliphatic rings. The Balaban J connectivity index is 2.10. The highest BCUT2D eigenvalue weighted by atomic mass is 35.5. The Labute approximate surface area is 177 Å². The lowest BCUT2D eigenvalue weighted by molar-refractivity contribution is -0.139. The summed E-state index contributed by atoms with van der Waals surface area (Å²) in [5, 5.41) is 5.38. The largest absolute Gasteiger partial charge is 0.463 e. The van der Waals surface area contributed by atoms with E-state index in [-0.39, 0.29) is 22.8 Å². The van der Waals surface area contributed by atoms with E-state index in [4.69, 9.17) is 16.3 Å². The molecule has 3 rings (SSSR count). The molecule has 2 N–H and O–H groups in total. The topological polar surface area (TPSA) is 102 Å². The quantitative estimate of drug-likeness (QED) is 0.518. The molecule has 2 aromatic rings. The molecule has 2 aromatic carbocycles. The number of carbonyl (C=O) groups is 2. The fourth-order valence-electron chi connectivity index (χ4n) is 3.03. The predicted molar refractivity (Wildman–Crippen MR) is 108 cm³/mol. The molecule has 0 aromatic heterocycles. The van der Waals surface area contributed by atoms with E-state index in [1.165, 1.54) is 0 Å². The maximum Gasteiger partial charge on any atom is 0.338 e. The van der Waals surface area contributed by atoms with Crippen LogP contribution in [-0.4, -0.2) is 32.8 Å². The first-order valence-electron chi connectivity index (χ1n) is 8.92. The molecule has 1 aliphatic heterocycles. The Hall–Kier alpha value is -2.91. The van der Waals surface area contributed by atoms with Gasteiger partial charge in [-0.25, -0.2) is 22.4 Å². The lowest BCUT2D eigenvalue weighted by Gasteiger charge is -2.29. The van der Waals surface area contributed by atoms with Gasteiger partial charge in [-0.2, -0.15) is 0 Å². The second kappa shape index (κ2) is 8.85. The molecule has 0 fully saturated rings. The summed E-state index contributed by atoms with van der Waals surface area (Å²) >= 11 is 6.04. The number of urea groups is 1. The van der Waals surface area contributed by atoms with Crippen LogP contribution in [0.15, 0.2) is 64.7 Å². The van der Waals surface area contributed by atoms with Crippen molar-refractivity contribution in [2.75, 3.05) is 12.4 Å². The summed E-state index contributed by atoms with van der Waals surface area (Å²) in [7, 11) is -4.00. The van der Waals surface area contributed by atoms with E-state index in [2.05, 4.69) is 10.6 Å². The summed E-state index contributed by atoms with van der Waals surface area (Å²) in [6.45, 7) is 1.66. The number of amides is 2. The number of rotatable bonds is 6. The maximum absolute atomic E-state index is 13.2. The molecule has 10 heteroatoms. The highest BCUT2D eigenvalue weighted by Gasteiger charge is 2.35. The lowest BCUT2D eigenvalue weighted by atomic mass is 9.95. The van der Waals surface area contributed by atoms with Gasteiger partial charge in [0.2, 0.25) is 0 Å². The molecule has 0 aliphatic carbocycles. The normalized spacial score (nSPS) is 16.6. The molecule has 0 bridgehead atoms. The number of benzene rings is 2. The van der Waals surface area contributed by atoms with E-state index in [0.717, 1.165) is 24.3 Å². The van der Waals surface area contributed by atoms with Crippen LogP contribution >= 0.6 is 11.6 Å². The summed E-state index contributed by atoms with van der Waals surface area (Å²) in [6, 6.07) is 9.10. The zero-order valence-electron chi connectivity index (χ0n) is 15.8. The standard InChI is InChI=1S/C20H18ClFN2O5S/c1-2-29-19(25)17-16(11-30(27,28)15-8-6-14(22)7-9-15)23-20(26)24-18(17)12-4-3-5-13(21)10-12/h3-10,18H,2,11H2,1H3,(H2,23,24,26). The Kier molecular flexibility index (Phi) is 6.42. The van der Waals surface area contributed by atoms with Gasteiger partial charge in [-0.05, 0) is 48.9 Å². The van der Waals surface area contributed by atoms with Gasteiger partial charge < -0.3 is 15.4 Å². The van der Waals surface area contributed by atoms with Gasteiger partial charge in [0.05, 0.1) is 28.9 Å². The molecule has 1 unspecified atom stereocenters. The predicted octanol–water partition coefficient (Wildman–Crippen LogP) is 3.12. The van der Waals surface area contributed by atoms with E-state index >= 15 is 0 Å². The first-order valence-corrected chi connectivity index (χ1v) is 11.0. The number of hydrogen-bond donors (Lipinski definition) is 2. The van der Waals surface area contributed by atoms with E-state index in [1.807, 2.05) is 0 Å². The van der Waals surface area contributed by atoms with Gasteiger partial charge in [-0.1, -0.05) is 23.7 Å². The van der Waals surface area contributed by atoms with Crippen LogP contribution in [0.5, 0.6) is 0 Å². The van der Waals surface area contributed by atoms with Crippen molar-refractivity contribution in [1.82, 2.24) is 10.6 Å². The van der Waals surface area contributed by atoms with Crippen molar-refractivity contribution < 1.29 is 27.1 Å².